The molecule has 0 aromatic heterocycles. The number of esters is 2. The number of carbonyl (C=O) groups is 2. The van der Waals surface area contributed by atoms with E-state index < -0.39 is 72.4 Å². The summed E-state index contributed by atoms with van der Waals surface area (Å²) < 4.78 is 56.8. The number of aryl methyl sites for hydroxylation is 1. The molecule has 2 aliphatic heterocycles. The molecule has 2 heterocycles. The highest BCUT2D eigenvalue weighted by Crippen LogP contribution is 2.40. The fraction of sp³-hybridized carbons (Fsp3) is 0.360. The minimum Gasteiger partial charge on any atom is -0.497 e. The van der Waals surface area contributed by atoms with Gasteiger partial charge in [-0.15, -0.1) is 0 Å². The van der Waals surface area contributed by atoms with Gasteiger partial charge in [-0.3, -0.25) is 4.79 Å². The van der Waals surface area contributed by atoms with Crippen molar-refractivity contribution in [1.29, 1.82) is 0 Å². The highest BCUT2D eigenvalue weighted by Gasteiger charge is 2.54. The Labute approximate surface area is 387 Å². The number of methoxy groups -OCH3 is 1. The van der Waals surface area contributed by atoms with Crippen LogP contribution in [-0.2, 0) is 62.5 Å². The number of hydrogen-bond donors (Lipinski definition) is 1. The van der Waals surface area contributed by atoms with Crippen molar-refractivity contribution in [2.45, 2.75) is 99.1 Å². The highest BCUT2D eigenvalue weighted by molar-refractivity contribution is 7.99. The number of nitrogens with zero attached hydrogens (tertiary/aromatic N) is 3. The number of aliphatic hydroxyl groups is 1. The summed E-state index contributed by atoms with van der Waals surface area (Å²) in [7, 11) is 1.59. The Morgan fingerprint density at radius 1 is 0.712 bits per heavy atom. The second kappa shape index (κ2) is 24.1. The topological polar surface area (TPSA) is 186 Å². The van der Waals surface area contributed by atoms with Crippen LogP contribution < -0.4 is 4.74 Å². The molecule has 10 atom stereocenters. The quantitative estimate of drug-likeness (QED) is 0.0342. The molecular formula is C50H53N3O12S. The predicted molar refractivity (Wildman–Crippen MR) is 243 cm³/mol. The molecule has 66 heavy (non-hydrogen) atoms. The van der Waals surface area contributed by atoms with Gasteiger partial charge in [0.05, 0.1) is 45.2 Å². The van der Waals surface area contributed by atoms with Gasteiger partial charge in [-0.2, -0.15) is 0 Å². The first-order chi connectivity index (χ1) is 32.2. The molecule has 0 unspecified atom stereocenters. The van der Waals surface area contributed by atoms with Gasteiger partial charge in [0.15, 0.2) is 12.4 Å². The smallest absolute Gasteiger partial charge is 0.338 e. The average Bonchev–Trinajstić information content (AvgIpc) is 3.34. The lowest BCUT2D eigenvalue weighted by Crippen LogP contribution is -2.65. The number of ether oxygens (including phenoxy) is 9. The molecule has 2 saturated heterocycles. The normalized spacial score (nSPS) is 25.0. The van der Waals surface area contributed by atoms with Gasteiger partial charge < -0.3 is 47.7 Å². The molecule has 0 aliphatic carbocycles. The molecule has 346 valence electrons. The van der Waals surface area contributed by atoms with Crippen molar-refractivity contribution in [2.24, 2.45) is 5.11 Å². The Bertz CT molecular complexity index is 2320. The van der Waals surface area contributed by atoms with Crippen molar-refractivity contribution in [3.63, 3.8) is 0 Å². The summed E-state index contributed by atoms with van der Waals surface area (Å²) in [6.07, 6.45) is -10.0. The SMILES string of the molecule is COc1ccc(COC[C@H]2O[C@@H](O[C@H]3[C@H](OCc4ccccc4)[C@@H](N=[N+]=[N-])[C@H](Sc4ccc(C)cc4)O[C@@H]3COC(C)=O)[C@H](OC(=O)c3ccccc3)[C@@H](OCc3ccccc3)[C@@H]2O)cc1. The third-order valence-electron chi connectivity index (χ3n) is 11.0. The van der Waals surface area contributed by atoms with E-state index in [-0.39, 0.29) is 38.6 Å². The number of carbonyl (C=O) groups excluding carboxylic acids is 2. The van der Waals surface area contributed by atoms with Gasteiger partial charge in [0, 0.05) is 16.7 Å². The van der Waals surface area contributed by atoms with Crippen molar-refractivity contribution in [1.82, 2.24) is 0 Å². The highest BCUT2D eigenvalue weighted by atomic mass is 32.2. The van der Waals surface area contributed by atoms with Gasteiger partial charge in [-0.25, -0.2) is 4.79 Å². The molecule has 1 N–H and O–H groups in total. The molecule has 0 radical (unpaired) electrons. The first kappa shape index (κ1) is 48.2. The fourth-order valence-electron chi connectivity index (χ4n) is 7.53. The second-order valence-corrected chi connectivity index (χ2v) is 16.9. The molecule has 0 bridgehead atoms. The van der Waals surface area contributed by atoms with Crippen LogP contribution in [0.1, 0.15) is 39.5 Å². The molecule has 0 spiro atoms. The first-order valence-corrected chi connectivity index (χ1v) is 22.4. The van der Waals surface area contributed by atoms with Gasteiger partial charge >= 0.3 is 11.9 Å². The van der Waals surface area contributed by atoms with Crippen molar-refractivity contribution in [2.75, 3.05) is 20.3 Å². The van der Waals surface area contributed by atoms with Crippen molar-refractivity contribution in [3.05, 3.63) is 178 Å². The van der Waals surface area contributed by atoms with Gasteiger partial charge in [-0.05, 0) is 65.5 Å². The third kappa shape index (κ3) is 13.2. The molecule has 7 rings (SSSR count). The molecule has 2 aliphatic rings. The molecule has 5 aromatic carbocycles. The van der Waals surface area contributed by atoms with E-state index in [4.69, 9.17) is 42.6 Å². The Balaban J connectivity index is 1.27. The minimum atomic E-state index is -1.50. The van der Waals surface area contributed by atoms with Crippen LogP contribution in [0.15, 0.2) is 150 Å². The van der Waals surface area contributed by atoms with Crippen LogP contribution in [0, 0.1) is 6.92 Å². The molecule has 5 aromatic rings. The zero-order valence-electron chi connectivity index (χ0n) is 36.8. The van der Waals surface area contributed by atoms with Crippen LogP contribution in [0.2, 0.25) is 0 Å². The van der Waals surface area contributed by atoms with Crippen LogP contribution in [-0.4, -0.2) is 97.9 Å². The number of thioether (sulfide) groups is 1. The summed E-state index contributed by atoms with van der Waals surface area (Å²) in [5.41, 5.74) is 12.9. The van der Waals surface area contributed by atoms with E-state index >= 15 is 0 Å². The van der Waals surface area contributed by atoms with Gasteiger partial charge in [0.1, 0.15) is 54.4 Å². The maximum absolute atomic E-state index is 14.0. The van der Waals surface area contributed by atoms with Crippen LogP contribution in [0.4, 0.5) is 0 Å². The Hall–Kier alpha value is -5.78. The Morgan fingerprint density at radius 2 is 1.32 bits per heavy atom. The van der Waals surface area contributed by atoms with Gasteiger partial charge in [-0.1, -0.05) is 126 Å². The van der Waals surface area contributed by atoms with Gasteiger partial charge in [0.25, 0.3) is 0 Å². The molecule has 2 fully saturated rings. The second-order valence-electron chi connectivity index (χ2n) is 15.7. The summed E-state index contributed by atoms with van der Waals surface area (Å²) in [6, 6.07) is 41.2. The zero-order chi connectivity index (χ0) is 46.3. The summed E-state index contributed by atoms with van der Waals surface area (Å²) in [5.74, 6) is -0.622. The molecule has 0 amide bonds. The zero-order valence-corrected chi connectivity index (χ0v) is 37.6. The Kier molecular flexibility index (Phi) is 17.6. The predicted octanol–water partition coefficient (Wildman–Crippen LogP) is 8.15. The van der Waals surface area contributed by atoms with Crippen LogP contribution >= 0.6 is 11.8 Å². The molecular weight excluding hydrogens is 867 g/mol. The van der Waals surface area contributed by atoms with Crippen molar-refractivity contribution < 1.29 is 57.3 Å². The van der Waals surface area contributed by atoms with E-state index in [1.807, 2.05) is 116 Å². The van der Waals surface area contributed by atoms with Crippen LogP contribution in [0.3, 0.4) is 0 Å². The number of rotatable bonds is 20. The van der Waals surface area contributed by atoms with E-state index in [1.165, 1.54) is 18.7 Å². The summed E-state index contributed by atoms with van der Waals surface area (Å²) in [5, 5.41) is 16.4. The number of azide groups is 1. The first-order valence-electron chi connectivity index (χ1n) is 21.5. The van der Waals surface area contributed by atoms with Crippen molar-refractivity contribution in [3.8, 4) is 5.75 Å². The molecule has 0 saturated carbocycles. The molecule has 15 nitrogen and oxygen atoms in total. The lowest BCUT2D eigenvalue weighted by Gasteiger charge is -2.48. The maximum Gasteiger partial charge on any atom is 0.338 e. The maximum atomic E-state index is 14.0. The van der Waals surface area contributed by atoms with E-state index in [1.54, 1.807) is 37.4 Å². The summed E-state index contributed by atoms with van der Waals surface area (Å²) >= 11 is 1.31. The van der Waals surface area contributed by atoms with E-state index in [2.05, 4.69) is 10.0 Å². The largest absolute Gasteiger partial charge is 0.497 e. The number of hydrogen-bond acceptors (Lipinski definition) is 14. The van der Waals surface area contributed by atoms with Crippen molar-refractivity contribution >= 4 is 23.7 Å². The van der Waals surface area contributed by atoms with E-state index in [0.29, 0.717) is 5.75 Å². The average molecular weight is 920 g/mol. The standard InChI is InChI=1S/C50H53N3O12S/c1-32-19-25-39(26-20-32)66-50-42(52-53-51)45(60-28-34-13-7-4-8-14-34)44(41(63-50)31-59-33(2)54)65-49-47(64-48(56)37-17-11-6-12-18-37)46(61-29-35-15-9-5-10-16-35)43(55)40(62-49)30-58-27-36-21-23-38(57-3)24-22-36/h4-26,40-47,49-50,55H,27-31H2,1-3H3/t40-,41-,42-,43-,44-,45-,46+,47-,49+,50+/m1/s1. The Morgan fingerprint density at radius 3 is 1.92 bits per heavy atom. The summed E-state index contributed by atoms with van der Waals surface area (Å²) in [6.45, 7) is 3.06. The number of benzene rings is 5. The summed E-state index contributed by atoms with van der Waals surface area (Å²) in [4.78, 5) is 30.5. The monoisotopic (exact) mass is 919 g/mol. The van der Waals surface area contributed by atoms with E-state index in [0.717, 1.165) is 27.1 Å². The molecule has 16 heteroatoms. The third-order valence-corrected chi connectivity index (χ3v) is 12.1. The van der Waals surface area contributed by atoms with Crippen LogP contribution in [0.5, 0.6) is 5.75 Å². The van der Waals surface area contributed by atoms with Crippen LogP contribution in [0.25, 0.3) is 10.4 Å². The minimum absolute atomic E-state index is 0.0232. The van der Waals surface area contributed by atoms with Gasteiger partial charge in [0.2, 0.25) is 0 Å². The fourth-order valence-corrected chi connectivity index (χ4v) is 8.64. The van der Waals surface area contributed by atoms with E-state index in [9.17, 15) is 20.2 Å². The lowest BCUT2D eigenvalue weighted by molar-refractivity contribution is -0.340. The number of aliphatic hydroxyl groups excluding tert-OH is 1. The lowest BCUT2D eigenvalue weighted by atomic mass is 9.96.